The summed E-state index contributed by atoms with van der Waals surface area (Å²) in [6.07, 6.45) is 0. The van der Waals surface area contributed by atoms with E-state index in [1.807, 2.05) is 48.0 Å². The Hall–Kier alpha value is -3.02. The summed E-state index contributed by atoms with van der Waals surface area (Å²) in [7, 11) is -3.72. The van der Waals surface area contributed by atoms with Crippen LogP contribution in [0.1, 0.15) is 26.8 Å². The van der Waals surface area contributed by atoms with Gasteiger partial charge in [0.05, 0.1) is 16.3 Å². The minimum atomic E-state index is -3.72. The molecule has 0 N–H and O–H groups in total. The van der Waals surface area contributed by atoms with E-state index < -0.39 is 10.0 Å². The SMILES string of the molecule is Cc1noc(C)c1S(=O)(=O)N1CCN(C(=O)c2cc3c(C)nn(-c4ccccc4)c3s2)CC1. The molecule has 0 atom stereocenters. The van der Waals surface area contributed by atoms with Gasteiger partial charge in [0.25, 0.3) is 5.91 Å². The van der Waals surface area contributed by atoms with Gasteiger partial charge in [-0.15, -0.1) is 11.3 Å². The lowest BCUT2D eigenvalue weighted by molar-refractivity contribution is 0.0702. The number of benzene rings is 1. The van der Waals surface area contributed by atoms with Gasteiger partial charge >= 0.3 is 0 Å². The third-order valence-corrected chi connectivity index (χ3v) is 9.09. The number of aromatic nitrogens is 3. The number of piperazine rings is 1. The van der Waals surface area contributed by atoms with Gasteiger partial charge in [-0.2, -0.15) is 9.40 Å². The van der Waals surface area contributed by atoms with E-state index in [-0.39, 0.29) is 29.7 Å². The van der Waals surface area contributed by atoms with Gasteiger partial charge in [-0.05, 0) is 39.0 Å². The summed E-state index contributed by atoms with van der Waals surface area (Å²) >= 11 is 1.41. The highest BCUT2D eigenvalue weighted by Crippen LogP contribution is 2.31. The predicted octanol–water partition coefficient (Wildman–Crippen LogP) is 3.15. The Morgan fingerprint density at radius 2 is 1.73 bits per heavy atom. The van der Waals surface area contributed by atoms with Crippen LogP contribution in [-0.2, 0) is 10.0 Å². The molecule has 33 heavy (non-hydrogen) atoms. The average molecular weight is 486 g/mol. The van der Waals surface area contributed by atoms with Crippen molar-refractivity contribution in [1.82, 2.24) is 24.1 Å². The standard InChI is InChI=1S/C22H23N5O4S2/c1-14-18-13-19(32-22(18)27(23-14)17-7-5-4-6-8-17)21(28)25-9-11-26(12-10-25)33(29,30)20-15(2)24-31-16(20)3/h4-8,13H,9-12H2,1-3H3. The quantitative estimate of drug-likeness (QED) is 0.440. The number of thiophene rings is 1. The van der Waals surface area contributed by atoms with Crippen LogP contribution in [0.4, 0.5) is 0 Å². The van der Waals surface area contributed by atoms with E-state index in [2.05, 4.69) is 10.3 Å². The Morgan fingerprint density at radius 1 is 1.03 bits per heavy atom. The van der Waals surface area contributed by atoms with Gasteiger partial charge in [-0.25, -0.2) is 13.1 Å². The number of carbonyl (C=O) groups excluding carboxylic acids is 1. The minimum absolute atomic E-state index is 0.0930. The zero-order valence-electron chi connectivity index (χ0n) is 18.5. The number of hydrogen-bond acceptors (Lipinski definition) is 7. The van der Waals surface area contributed by atoms with E-state index in [0.29, 0.717) is 23.7 Å². The molecule has 11 heteroatoms. The van der Waals surface area contributed by atoms with Crippen LogP contribution >= 0.6 is 11.3 Å². The molecule has 0 radical (unpaired) electrons. The van der Waals surface area contributed by atoms with E-state index in [1.54, 1.807) is 18.7 Å². The maximum atomic E-state index is 13.2. The van der Waals surface area contributed by atoms with E-state index in [0.717, 1.165) is 21.6 Å². The number of sulfonamides is 1. The maximum absolute atomic E-state index is 13.2. The third kappa shape index (κ3) is 3.65. The first-order chi connectivity index (χ1) is 15.8. The summed E-state index contributed by atoms with van der Waals surface area (Å²) in [5.74, 6) is 0.184. The summed E-state index contributed by atoms with van der Waals surface area (Å²) in [5, 5.41) is 9.34. The number of carbonyl (C=O) groups is 1. The van der Waals surface area contributed by atoms with Crippen LogP contribution in [-0.4, -0.2) is 64.6 Å². The van der Waals surface area contributed by atoms with E-state index in [1.165, 1.54) is 15.6 Å². The highest BCUT2D eigenvalue weighted by molar-refractivity contribution is 7.89. The molecule has 1 aliphatic heterocycles. The minimum Gasteiger partial charge on any atom is -0.360 e. The Kier molecular flexibility index (Phi) is 5.34. The molecule has 0 aliphatic carbocycles. The van der Waals surface area contributed by atoms with E-state index in [4.69, 9.17) is 4.52 Å². The molecule has 1 amide bonds. The first kappa shape index (κ1) is 21.8. The fourth-order valence-electron chi connectivity index (χ4n) is 4.16. The van der Waals surface area contributed by atoms with Crippen LogP contribution in [0.2, 0.25) is 0 Å². The number of para-hydroxylation sites is 1. The fourth-order valence-corrected chi connectivity index (χ4v) is 7.02. The van der Waals surface area contributed by atoms with Crippen molar-refractivity contribution in [2.75, 3.05) is 26.2 Å². The van der Waals surface area contributed by atoms with Crippen molar-refractivity contribution < 1.29 is 17.7 Å². The van der Waals surface area contributed by atoms with Crippen molar-refractivity contribution in [2.45, 2.75) is 25.7 Å². The molecule has 5 rings (SSSR count). The number of hydrogen-bond donors (Lipinski definition) is 0. The van der Waals surface area contributed by atoms with Gasteiger partial charge in [-0.1, -0.05) is 23.4 Å². The maximum Gasteiger partial charge on any atom is 0.264 e. The van der Waals surface area contributed by atoms with Crippen molar-refractivity contribution in [3.63, 3.8) is 0 Å². The molecular formula is C22H23N5O4S2. The third-order valence-electron chi connectivity index (χ3n) is 5.85. The van der Waals surface area contributed by atoms with Crippen molar-refractivity contribution in [1.29, 1.82) is 0 Å². The summed E-state index contributed by atoms with van der Waals surface area (Å²) in [5.41, 5.74) is 2.15. The summed E-state index contributed by atoms with van der Waals surface area (Å²) < 4.78 is 34.4. The van der Waals surface area contributed by atoms with Crippen LogP contribution in [0.25, 0.3) is 15.9 Å². The lowest BCUT2D eigenvalue weighted by atomic mass is 10.2. The molecule has 3 aromatic heterocycles. The van der Waals surface area contributed by atoms with Gasteiger partial charge in [0.1, 0.15) is 15.4 Å². The summed E-state index contributed by atoms with van der Waals surface area (Å²) in [6.45, 7) is 6.22. The summed E-state index contributed by atoms with van der Waals surface area (Å²) in [6, 6.07) is 11.7. The molecule has 0 saturated carbocycles. The second-order valence-corrected chi connectivity index (χ2v) is 10.9. The van der Waals surface area contributed by atoms with E-state index in [9.17, 15) is 13.2 Å². The molecule has 4 heterocycles. The first-order valence-electron chi connectivity index (χ1n) is 10.5. The summed E-state index contributed by atoms with van der Waals surface area (Å²) in [4.78, 5) is 16.6. The van der Waals surface area contributed by atoms with Crippen LogP contribution < -0.4 is 0 Å². The molecule has 172 valence electrons. The second kappa shape index (κ2) is 8.08. The lowest BCUT2D eigenvalue weighted by Crippen LogP contribution is -2.50. The molecule has 1 aliphatic rings. The van der Waals surface area contributed by atoms with Crippen LogP contribution in [0.15, 0.2) is 45.8 Å². The molecule has 1 fully saturated rings. The van der Waals surface area contributed by atoms with Crippen molar-refractivity contribution in [3.05, 3.63) is 58.4 Å². The molecule has 0 bridgehead atoms. The molecular weight excluding hydrogens is 462 g/mol. The average Bonchev–Trinajstić information content (AvgIpc) is 3.49. The van der Waals surface area contributed by atoms with Gasteiger partial charge in [-0.3, -0.25) is 4.79 Å². The van der Waals surface area contributed by atoms with Gasteiger partial charge in [0.15, 0.2) is 5.76 Å². The predicted molar refractivity (Wildman–Crippen MR) is 124 cm³/mol. The number of amides is 1. The largest absolute Gasteiger partial charge is 0.360 e. The van der Waals surface area contributed by atoms with Crippen molar-refractivity contribution >= 4 is 37.5 Å². The van der Waals surface area contributed by atoms with Crippen LogP contribution in [0.3, 0.4) is 0 Å². The lowest BCUT2D eigenvalue weighted by Gasteiger charge is -2.33. The number of rotatable bonds is 4. The first-order valence-corrected chi connectivity index (χ1v) is 12.8. The zero-order chi connectivity index (χ0) is 23.3. The fraction of sp³-hybridized carbons (Fsp3) is 0.318. The smallest absolute Gasteiger partial charge is 0.264 e. The number of aryl methyl sites for hydroxylation is 3. The Labute approximate surface area is 195 Å². The van der Waals surface area contributed by atoms with Gasteiger partial charge in [0, 0.05) is 31.6 Å². The van der Waals surface area contributed by atoms with Crippen LogP contribution in [0.5, 0.6) is 0 Å². The van der Waals surface area contributed by atoms with Crippen molar-refractivity contribution in [2.24, 2.45) is 0 Å². The van der Waals surface area contributed by atoms with E-state index >= 15 is 0 Å². The van der Waals surface area contributed by atoms with Crippen molar-refractivity contribution in [3.8, 4) is 5.69 Å². The second-order valence-electron chi connectivity index (χ2n) is 8.01. The molecule has 1 saturated heterocycles. The molecule has 1 aromatic carbocycles. The topological polar surface area (TPSA) is 102 Å². The van der Waals surface area contributed by atoms with Crippen LogP contribution in [0, 0.1) is 20.8 Å². The molecule has 0 spiro atoms. The zero-order valence-corrected chi connectivity index (χ0v) is 20.1. The number of fused-ring (bicyclic) bond motifs is 1. The normalized spacial score (nSPS) is 15.4. The van der Waals surface area contributed by atoms with Gasteiger partial charge < -0.3 is 9.42 Å². The highest BCUT2D eigenvalue weighted by atomic mass is 32.2. The Bertz CT molecular complexity index is 1430. The Morgan fingerprint density at radius 3 is 2.36 bits per heavy atom. The highest BCUT2D eigenvalue weighted by Gasteiger charge is 2.34. The monoisotopic (exact) mass is 485 g/mol. The Balaban J connectivity index is 1.35. The van der Waals surface area contributed by atoms with Gasteiger partial charge in [0.2, 0.25) is 10.0 Å². The molecule has 0 unspecified atom stereocenters. The number of nitrogens with zero attached hydrogens (tertiary/aromatic N) is 5. The molecule has 9 nitrogen and oxygen atoms in total. The molecule has 4 aromatic rings.